The average molecular weight is 357 g/mol. The van der Waals surface area contributed by atoms with Crippen LogP contribution in [0.2, 0.25) is 0 Å². The van der Waals surface area contributed by atoms with Crippen LogP contribution in [0.25, 0.3) is 0 Å². The summed E-state index contributed by atoms with van der Waals surface area (Å²) in [5.41, 5.74) is 0.987. The summed E-state index contributed by atoms with van der Waals surface area (Å²) in [5, 5.41) is 0. The minimum atomic E-state index is -0.400. The minimum absolute atomic E-state index is 0.0404. The number of carbonyl (C=O) groups is 3. The first-order valence-corrected chi connectivity index (χ1v) is 9.26. The van der Waals surface area contributed by atoms with Crippen molar-refractivity contribution in [3.05, 3.63) is 29.8 Å². The molecule has 0 unspecified atom stereocenters. The Balaban J connectivity index is 1.66. The van der Waals surface area contributed by atoms with E-state index in [2.05, 4.69) is 0 Å². The Bertz CT molecular complexity index is 715. The van der Waals surface area contributed by atoms with Crippen molar-refractivity contribution in [2.24, 2.45) is 5.41 Å². The second kappa shape index (κ2) is 7.09. The fourth-order valence-corrected chi connectivity index (χ4v) is 3.50. The van der Waals surface area contributed by atoms with Gasteiger partial charge in [0, 0.05) is 55.8 Å². The standard InChI is InChI=1S/C20H27N3O3/c1-20(2,3)19(26)22-12-10-21(11-13-22)18(25)15-6-4-7-16(14-15)23-9-5-8-17(23)24/h4,6-7,14H,5,8-13H2,1-3H3. The number of amides is 3. The molecule has 1 aromatic rings. The minimum Gasteiger partial charge on any atom is -0.339 e. The second-order valence-corrected chi connectivity index (χ2v) is 8.03. The van der Waals surface area contributed by atoms with Gasteiger partial charge in [-0.15, -0.1) is 0 Å². The molecule has 140 valence electrons. The van der Waals surface area contributed by atoms with Gasteiger partial charge in [-0.3, -0.25) is 14.4 Å². The number of anilines is 1. The van der Waals surface area contributed by atoms with Crippen LogP contribution in [-0.2, 0) is 9.59 Å². The maximum Gasteiger partial charge on any atom is 0.254 e. The topological polar surface area (TPSA) is 60.9 Å². The van der Waals surface area contributed by atoms with E-state index < -0.39 is 5.41 Å². The monoisotopic (exact) mass is 357 g/mol. The van der Waals surface area contributed by atoms with Crippen LogP contribution < -0.4 is 4.90 Å². The third-order valence-electron chi connectivity index (χ3n) is 4.97. The molecule has 0 spiro atoms. The molecular formula is C20H27N3O3. The summed E-state index contributed by atoms with van der Waals surface area (Å²) in [6.07, 6.45) is 1.43. The van der Waals surface area contributed by atoms with Gasteiger partial charge in [-0.2, -0.15) is 0 Å². The largest absolute Gasteiger partial charge is 0.339 e. The van der Waals surface area contributed by atoms with Crippen LogP contribution in [0.1, 0.15) is 44.0 Å². The summed E-state index contributed by atoms with van der Waals surface area (Å²) < 4.78 is 0. The molecule has 2 aliphatic heterocycles. The number of hydrogen-bond donors (Lipinski definition) is 0. The zero-order chi connectivity index (χ0) is 18.9. The van der Waals surface area contributed by atoms with E-state index in [4.69, 9.17) is 0 Å². The zero-order valence-corrected chi connectivity index (χ0v) is 15.8. The lowest BCUT2D eigenvalue weighted by Gasteiger charge is -2.37. The summed E-state index contributed by atoms with van der Waals surface area (Å²) in [7, 11) is 0. The van der Waals surface area contributed by atoms with E-state index >= 15 is 0 Å². The lowest BCUT2D eigenvalue weighted by Crippen LogP contribution is -2.53. The number of hydrogen-bond acceptors (Lipinski definition) is 3. The molecule has 0 saturated carbocycles. The van der Waals surface area contributed by atoms with Crippen molar-refractivity contribution >= 4 is 23.4 Å². The van der Waals surface area contributed by atoms with Crippen LogP contribution in [0.3, 0.4) is 0 Å². The summed E-state index contributed by atoms with van der Waals surface area (Å²) in [6, 6.07) is 7.30. The molecule has 2 heterocycles. The van der Waals surface area contributed by atoms with E-state index in [-0.39, 0.29) is 17.7 Å². The molecule has 6 heteroatoms. The average Bonchev–Trinajstić information content (AvgIpc) is 3.06. The van der Waals surface area contributed by atoms with Crippen LogP contribution in [0, 0.1) is 5.41 Å². The maximum atomic E-state index is 12.8. The van der Waals surface area contributed by atoms with Crippen molar-refractivity contribution in [2.75, 3.05) is 37.6 Å². The lowest BCUT2D eigenvalue weighted by atomic mass is 9.94. The van der Waals surface area contributed by atoms with E-state index in [1.165, 1.54) is 0 Å². The first-order chi connectivity index (χ1) is 12.3. The highest BCUT2D eigenvalue weighted by Gasteiger charge is 2.31. The van der Waals surface area contributed by atoms with Gasteiger partial charge in [0.1, 0.15) is 0 Å². The molecule has 2 aliphatic rings. The van der Waals surface area contributed by atoms with Crippen molar-refractivity contribution in [1.82, 2.24) is 9.80 Å². The highest BCUT2D eigenvalue weighted by atomic mass is 16.2. The molecule has 0 aromatic heterocycles. The fourth-order valence-electron chi connectivity index (χ4n) is 3.50. The Labute approximate surface area is 154 Å². The van der Waals surface area contributed by atoms with Crippen LogP contribution >= 0.6 is 0 Å². The molecule has 2 fully saturated rings. The smallest absolute Gasteiger partial charge is 0.254 e. The Morgan fingerprint density at radius 1 is 0.962 bits per heavy atom. The highest BCUT2D eigenvalue weighted by molar-refractivity contribution is 5.99. The van der Waals surface area contributed by atoms with Gasteiger partial charge in [-0.25, -0.2) is 0 Å². The van der Waals surface area contributed by atoms with Crippen LogP contribution in [0.5, 0.6) is 0 Å². The van der Waals surface area contributed by atoms with Gasteiger partial charge in [0.25, 0.3) is 5.91 Å². The first-order valence-electron chi connectivity index (χ1n) is 9.26. The number of piperazine rings is 1. The van der Waals surface area contributed by atoms with Gasteiger partial charge >= 0.3 is 0 Å². The van der Waals surface area contributed by atoms with Crippen molar-refractivity contribution in [2.45, 2.75) is 33.6 Å². The number of rotatable bonds is 2. The molecular weight excluding hydrogens is 330 g/mol. The van der Waals surface area contributed by atoms with Crippen molar-refractivity contribution in [3.63, 3.8) is 0 Å². The SMILES string of the molecule is CC(C)(C)C(=O)N1CCN(C(=O)c2cccc(N3CCCC3=O)c2)CC1. The van der Waals surface area contributed by atoms with Gasteiger partial charge in [0.05, 0.1) is 0 Å². The quantitative estimate of drug-likeness (QED) is 0.815. The highest BCUT2D eigenvalue weighted by Crippen LogP contribution is 2.23. The normalized spacial score (nSPS) is 18.4. The molecule has 3 rings (SSSR count). The Kier molecular flexibility index (Phi) is 5.03. The Morgan fingerprint density at radius 2 is 1.62 bits per heavy atom. The Morgan fingerprint density at radius 3 is 2.19 bits per heavy atom. The van der Waals surface area contributed by atoms with Crippen molar-refractivity contribution < 1.29 is 14.4 Å². The van der Waals surface area contributed by atoms with E-state index in [0.717, 1.165) is 12.1 Å². The van der Waals surface area contributed by atoms with E-state index in [1.54, 1.807) is 21.9 Å². The van der Waals surface area contributed by atoms with Gasteiger partial charge in [0.15, 0.2) is 0 Å². The van der Waals surface area contributed by atoms with Gasteiger partial charge in [-0.1, -0.05) is 26.8 Å². The first kappa shape index (κ1) is 18.4. The van der Waals surface area contributed by atoms with Gasteiger partial charge in [-0.05, 0) is 24.6 Å². The predicted octanol–water partition coefficient (Wildman–Crippen LogP) is 2.14. The molecule has 26 heavy (non-hydrogen) atoms. The molecule has 1 aromatic carbocycles. The summed E-state index contributed by atoms with van der Waals surface area (Å²) >= 11 is 0. The third kappa shape index (κ3) is 3.74. The van der Waals surface area contributed by atoms with Crippen LogP contribution in [0.15, 0.2) is 24.3 Å². The molecule has 0 bridgehead atoms. The fraction of sp³-hybridized carbons (Fsp3) is 0.550. The Hall–Kier alpha value is -2.37. The molecule has 0 radical (unpaired) electrons. The third-order valence-corrected chi connectivity index (χ3v) is 4.97. The van der Waals surface area contributed by atoms with Crippen LogP contribution in [0.4, 0.5) is 5.69 Å². The molecule has 0 N–H and O–H groups in total. The van der Waals surface area contributed by atoms with E-state index in [9.17, 15) is 14.4 Å². The summed E-state index contributed by atoms with van der Waals surface area (Å²) in [6.45, 7) is 8.65. The molecule has 0 atom stereocenters. The van der Waals surface area contributed by atoms with Crippen LogP contribution in [-0.4, -0.2) is 60.2 Å². The van der Waals surface area contributed by atoms with Crippen molar-refractivity contribution in [1.29, 1.82) is 0 Å². The molecule has 6 nitrogen and oxygen atoms in total. The maximum absolute atomic E-state index is 12.8. The molecule has 2 saturated heterocycles. The van der Waals surface area contributed by atoms with Gasteiger partial charge < -0.3 is 14.7 Å². The van der Waals surface area contributed by atoms with E-state index in [0.29, 0.717) is 44.7 Å². The number of carbonyl (C=O) groups excluding carboxylic acids is 3. The van der Waals surface area contributed by atoms with Crippen molar-refractivity contribution in [3.8, 4) is 0 Å². The number of benzene rings is 1. The molecule has 3 amide bonds. The summed E-state index contributed by atoms with van der Waals surface area (Å²) in [5.74, 6) is 0.199. The van der Waals surface area contributed by atoms with Gasteiger partial charge in [0.2, 0.25) is 11.8 Å². The summed E-state index contributed by atoms with van der Waals surface area (Å²) in [4.78, 5) is 42.5. The molecule has 0 aliphatic carbocycles. The van der Waals surface area contributed by atoms with E-state index in [1.807, 2.05) is 37.8 Å². The number of nitrogens with zero attached hydrogens (tertiary/aromatic N) is 3. The zero-order valence-electron chi connectivity index (χ0n) is 15.8. The lowest BCUT2D eigenvalue weighted by molar-refractivity contribution is -0.140. The predicted molar refractivity (Wildman–Crippen MR) is 100.0 cm³/mol. The second-order valence-electron chi connectivity index (χ2n) is 8.03.